The fourth-order valence-corrected chi connectivity index (χ4v) is 2.84. The molecule has 3 aromatic rings. The average molecular weight is 375 g/mol. The van der Waals surface area contributed by atoms with Crippen molar-refractivity contribution in [1.29, 1.82) is 0 Å². The molecule has 0 atom stereocenters. The number of carbonyl (C=O) groups is 3. The van der Waals surface area contributed by atoms with Crippen molar-refractivity contribution >= 4 is 28.5 Å². The maximum Gasteiger partial charge on any atom is 0.288 e. The second-order valence-electron chi connectivity index (χ2n) is 6.63. The fraction of sp³-hybridized carbons (Fsp3) is 0.182. The van der Waals surface area contributed by atoms with Gasteiger partial charge in [0.15, 0.2) is 5.78 Å². The molecular weight excluding hydrogens is 354 g/mol. The summed E-state index contributed by atoms with van der Waals surface area (Å²) in [7, 11) is 0. The summed E-state index contributed by atoms with van der Waals surface area (Å²) in [6, 6.07) is 16.5. The zero-order valence-corrected chi connectivity index (χ0v) is 15.8. The summed E-state index contributed by atoms with van der Waals surface area (Å²) >= 11 is 0. The van der Waals surface area contributed by atoms with Crippen LogP contribution in [0.15, 0.2) is 54.6 Å². The average Bonchev–Trinajstić information content (AvgIpc) is 2.71. The third kappa shape index (κ3) is 4.59. The Balaban J connectivity index is 1.52. The van der Waals surface area contributed by atoms with E-state index < -0.39 is 11.8 Å². The van der Waals surface area contributed by atoms with Gasteiger partial charge in [-0.2, -0.15) is 0 Å². The number of benzene rings is 2. The Morgan fingerprint density at radius 3 is 2.50 bits per heavy atom. The number of hydrogen-bond acceptors (Lipinski definition) is 4. The van der Waals surface area contributed by atoms with Crippen molar-refractivity contribution in [1.82, 2.24) is 15.8 Å². The minimum Gasteiger partial charge on any atom is -0.294 e. The molecule has 0 radical (unpaired) electrons. The molecule has 142 valence electrons. The predicted molar refractivity (Wildman–Crippen MR) is 107 cm³/mol. The van der Waals surface area contributed by atoms with E-state index in [4.69, 9.17) is 0 Å². The molecule has 0 saturated carbocycles. The van der Waals surface area contributed by atoms with Crippen molar-refractivity contribution in [2.24, 2.45) is 0 Å². The van der Waals surface area contributed by atoms with Gasteiger partial charge < -0.3 is 0 Å². The first-order valence-corrected chi connectivity index (χ1v) is 8.99. The van der Waals surface area contributed by atoms with Crippen LogP contribution in [0.3, 0.4) is 0 Å². The van der Waals surface area contributed by atoms with Crippen LogP contribution in [0.2, 0.25) is 0 Å². The lowest BCUT2D eigenvalue weighted by Gasteiger charge is -2.08. The number of carbonyl (C=O) groups excluding carboxylic acids is 3. The number of Topliss-reactive ketones (excluding diaryl/α,β-unsaturated/α-hetero) is 1. The Morgan fingerprint density at radius 1 is 0.893 bits per heavy atom. The molecule has 2 N–H and O–H groups in total. The summed E-state index contributed by atoms with van der Waals surface area (Å²) < 4.78 is 0. The van der Waals surface area contributed by atoms with Crippen LogP contribution in [0, 0.1) is 13.8 Å². The molecule has 28 heavy (non-hydrogen) atoms. The van der Waals surface area contributed by atoms with E-state index >= 15 is 0 Å². The first-order valence-electron chi connectivity index (χ1n) is 8.99. The monoisotopic (exact) mass is 375 g/mol. The van der Waals surface area contributed by atoms with Crippen molar-refractivity contribution in [2.75, 3.05) is 0 Å². The number of nitrogens with one attached hydrogen (secondary N) is 2. The largest absolute Gasteiger partial charge is 0.294 e. The van der Waals surface area contributed by atoms with Crippen molar-refractivity contribution in [3.8, 4) is 0 Å². The van der Waals surface area contributed by atoms with Crippen LogP contribution in [0.1, 0.15) is 44.8 Å². The van der Waals surface area contributed by atoms with Gasteiger partial charge in [0.2, 0.25) is 5.91 Å². The second-order valence-corrected chi connectivity index (χ2v) is 6.63. The second kappa shape index (κ2) is 8.43. The smallest absolute Gasteiger partial charge is 0.288 e. The van der Waals surface area contributed by atoms with E-state index in [2.05, 4.69) is 15.8 Å². The van der Waals surface area contributed by atoms with Crippen LogP contribution in [0.4, 0.5) is 0 Å². The molecule has 0 spiro atoms. The maximum absolute atomic E-state index is 12.3. The van der Waals surface area contributed by atoms with Gasteiger partial charge in [0.05, 0.1) is 5.52 Å². The Bertz CT molecular complexity index is 1060. The Kier molecular flexibility index (Phi) is 5.79. The first-order chi connectivity index (χ1) is 13.4. The van der Waals surface area contributed by atoms with E-state index in [0.29, 0.717) is 11.1 Å². The lowest BCUT2D eigenvalue weighted by atomic mass is 9.99. The van der Waals surface area contributed by atoms with E-state index in [0.717, 1.165) is 16.5 Å². The number of aryl methyl sites for hydroxylation is 2. The standard InChI is InChI=1S/C22H21N3O3/c1-14-7-8-15(2)17(13-14)20(26)11-12-21(27)24-25-22(28)19-10-9-16-5-3-4-6-18(16)23-19/h3-10,13H,11-12H2,1-2H3,(H,24,27)(H,25,28). The molecule has 0 aliphatic carbocycles. The Labute approximate surface area is 162 Å². The van der Waals surface area contributed by atoms with Crippen LogP contribution >= 0.6 is 0 Å². The Morgan fingerprint density at radius 2 is 1.68 bits per heavy atom. The molecule has 0 bridgehead atoms. The molecule has 6 nitrogen and oxygen atoms in total. The van der Waals surface area contributed by atoms with Gasteiger partial charge in [-0.1, -0.05) is 42.0 Å². The van der Waals surface area contributed by atoms with Gasteiger partial charge >= 0.3 is 0 Å². The number of rotatable bonds is 5. The number of ketones is 1. The number of para-hydroxylation sites is 1. The molecule has 1 aromatic heterocycles. The van der Waals surface area contributed by atoms with E-state index in [1.54, 1.807) is 12.1 Å². The minimum absolute atomic E-state index is 0.0162. The highest BCUT2D eigenvalue weighted by molar-refractivity contribution is 6.00. The van der Waals surface area contributed by atoms with Crippen molar-refractivity contribution in [2.45, 2.75) is 26.7 Å². The molecule has 0 aliphatic heterocycles. The third-order valence-corrected chi connectivity index (χ3v) is 4.42. The van der Waals surface area contributed by atoms with Crippen LogP contribution in [-0.2, 0) is 4.79 Å². The number of fused-ring (bicyclic) bond motifs is 1. The van der Waals surface area contributed by atoms with Crippen LogP contribution in [-0.4, -0.2) is 22.6 Å². The zero-order valence-electron chi connectivity index (χ0n) is 15.8. The molecule has 0 fully saturated rings. The summed E-state index contributed by atoms with van der Waals surface area (Å²) in [5.41, 5.74) is 8.06. The number of pyridine rings is 1. The highest BCUT2D eigenvalue weighted by Crippen LogP contribution is 2.14. The normalized spacial score (nSPS) is 10.5. The summed E-state index contributed by atoms with van der Waals surface area (Å²) in [5.74, 6) is -1.05. The van der Waals surface area contributed by atoms with E-state index in [9.17, 15) is 14.4 Å². The van der Waals surface area contributed by atoms with Gasteiger partial charge in [-0.15, -0.1) is 0 Å². The van der Waals surface area contributed by atoms with Gasteiger partial charge in [-0.25, -0.2) is 4.98 Å². The van der Waals surface area contributed by atoms with Gasteiger partial charge in [-0.3, -0.25) is 25.2 Å². The number of hydrogen-bond donors (Lipinski definition) is 2. The molecule has 1 heterocycles. The molecule has 6 heteroatoms. The van der Waals surface area contributed by atoms with Crippen LogP contribution in [0.5, 0.6) is 0 Å². The highest BCUT2D eigenvalue weighted by atomic mass is 16.2. The molecule has 2 aromatic carbocycles. The molecule has 2 amide bonds. The predicted octanol–water partition coefficient (Wildman–Crippen LogP) is 3.28. The SMILES string of the molecule is Cc1ccc(C)c(C(=O)CCC(=O)NNC(=O)c2ccc3ccccc3n2)c1. The highest BCUT2D eigenvalue weighted by Gasteiger charge is 2.13. The van der Waals surface area contributed by atoms with E-state index in [1.807, 2.05) is 56.3 Å². The summed E-state index contributed by atoms with van der Waals surface area (Å²) in [6.45, 7) is 3.78. The van der Waals surface area contributed by atoms with Crippen molar-refractivity contribution in [3.05, 3.63) is 77.0 Å². The molecule has 0 aliphatic rings. The van der Waals surface area contributed by atoms with E-state index in [-0.39, 0.29) is 24.3 Å². The quantitative estimate of drug-likeness (QED) is 0.529. The molecule has 0 unspecified atom stereocenters. The summed E-state index contributed by atoms with van der Waals surface area (Å²) in [6.07, 6.45) is 0.0534. The summed E-state index contributed by atoms with van der Waals surface area (Å²) in [5, 5.41) is 0.924. The van der Waals surface area contributed by atoms with Crippen molar-refractivity contribution < 1.29 is 14.4 Å². The lowest BCUT2D eigenvalue weighted by molar-refractivity contribution is -0.121. The van der Waals surface area contributed by atoms with Crippen LogP contribution in [0.25, 0.3) is 10.9 Å². The number of nitrogens with zero attached hydrogens (tertiary/aromatic N) is 1. The first kappa shape index (κ1) is 19.2. The topological polar surface area (TPSA) is 88.2 Å². The Hall–Kier alpha value is -3.54. The maximum atomic E-state index is 12.3. The lowest BCUT2D eigenvalue weighted by Crippen LogP contribution is -2.42. The zero-order chi connectivity index (χ0) is 20.1. The fourth-order valence-electron chi connectivity index (χ4n) is 2.84. The number of hydrazine groups is 1. The van der Waals surface area contributed by atoms with Crippen LogP contribution < -0.4 is 10.9 Å². The van der Waals surface area contributed by atoms with E-state index in [1.165, 1.54) is 0 Å². The summed E-state index contributed by atoms with van der Waals surface area (Å²) in [4.78, 5) is 40.8. The minimum atomic E-state index is -0.514. The van der Waals surface area contributed by atoms with Gasteiger partial charge in [0.1, 0.15) is 5.69 Å². The molecule has 0 saturated heterocycles. The number of amides is 2. The van der Waals surface area contributed by atoms with Gasteiger partial charge in [0.25, 0.3) is 5.91 Å². The van der Waals surface area contributed by atoms with Crippen molar-refractivity contribution in [3.63, 3.8) is 0 Å². The van der Waals surface area contributed by atoms with Gasteiger partial charge in [-0.05, 0) is 37.6 Å². The third-order valence-electron chi connectivity index (χ3n) is 4.42. The van der Waals surface area contributed by atoms with Gasteiger partial charge in [0, 0.05) is 23.8 Å². The molecular formula is C22H21N3O3. The molecule has 3 rings (SSSR count). The number of aromatic nitrogens is 1.